The van der Waals surface area contributed by atoms with Crippen LogP contribution in [-0.4, -0.2) is 64.2 Å². The van der Waals surface area contributed by atoms with Gasteiger partial charge in [0.1, 0.15) is 23.4 Å². The molecule has 0 heterocycles. The Kier molecular flexibility index (Phi) is 15.4. The second-order valence-electron chi connectivity index (χ2n) is 12.1. The molecule has 0 aromatic heterocycles. The molecule has 1 saturated carbocycles. The Labute approximate surface area is 251 Å². The van der Waals surface area contributed by atoms with E-state index in [2.05, 4.69) is 17.6 Å². The Bertz CT molecular complexity index is 928. The van der Waals surface area contributed by atoms with Gasteiger partial charge in [-0.2, -0.15) is 11.8 Å². The first-order chi connectivity index (χ1) is 19.6. The van der Waals surface area contributed by atoms with E-state index in [1.807, 2.05) is 6.26 Å². The quantitative estimate of drug-likeness (QED) is 0.184. The molecule has 41 heavy (non-hydrogen) atoms. The third-order valence-corrected chi connectivity index (χ3v) is 8.00. The second kappa shape index (κ2) is 18.2. The largest absolute Gasteiger partial charge is 0.508 e. The molecule has 232 valence electrons. The van der Waals surface area contributed by atoms with Gasteiger partial charge in [0.05, 0.1) is 0 Å². The number of phenolic OH excluding ortho intramolecular Hbond substituents is 1. The average Bonchev–Trinajstić information content (AvgIpc) is 2.92. The number of unbranched alkanes of at least 4 members (excludes halogenated alkanes) is 5. The van der Waals surface area contributed by atoms with Gasteiger partial charge >= 0.3 is 6.09 Å². The van der Waals surface area contributed by atoms with Crippen LogP contribution in [0.4, 0.5) is 4.79 Å². The van der Waals surface area contributed by atoms with Crippen molar-refractivity contribution in [3.8, 4) is 5.75 Å². The van der Waals surface area contributed by atoms with Crippen molar-refractivity contribution < 1.29 is 24.2 Å². The zero-order chi connectivity index (χ0) is 30.3. The lowest BCUT2D eigenvalue weighted by Gasteiger charge is -2.36. The Morgan fingerprint density at radius 1 is 1.02 bits per heavy atom. The normalized spacial score (nSPS) is 15.5. The van der Waals surface area contributed by atoms with Crippen molar-refractivity contribution in [2.24, 2.45) is 0 Å². The number of aromatic hydroxyl groups is 1. The minimum absolute atomic E-state index is 0.0778. The molecule has 0 saturated heterocycles. The lowest BCUT2D eigenvalue weighted by molar-refractivity contribution is -0.143. The van der Waals surface area contributed by atoms with Gasteiger partial charge in [-0.3, -0.25) is 9.59 Å². The summed E-state index contributed by atoms with van der Waals surface area (Å²) in [6, 6.07) is 4.88. The fraction of sp³-hybridized carbons (Fsp3) is 0.719. The fourth-order valence-corrected chi connectivity index (χ4v) is 5.70. The molecule has 2 atom stereocenters. The second-order valence-corrected chi connectivity index (χ2v) is 13.1. The molecule has 9 heteroatoms. The summed E-state index contributed by atoms with van der Waals surface area (Å²) in [6.07, 6.45) is 13.1. The first-order valence-corrected chi connectivity index (χ1v) is 16.8. The van der Waals surface area contributed by atoms with Crippen molar-refractivity contribution in [1.29, 1.82) is 0 Å². The molecule has 1 aliphatic carbocycles. The van der Waals surface area contributed by atoms with Gasteiger partial charge in [0.15, 0.2) is 0 Å². The van der Waals surface area contributed by atoms with E-state index in [1.54, 1.807) is 61.7 Å². The molecule has 1 aromatic carbocycles. The number of nitrogens with one attached hydrogen (secondary N) is 2. The lowest BCUT2D eigenvalue weighted by Crippen LogP contribution is -2.54. The molecule has 1 fully saturated rings. The van der Waals surface area contributed by atoms with Crippen molar-refractivity contribution in [3.05, 3.63) is 29.8 Å². The van der Waals surface area contributed by atoms with Crippen molar-refractivity contribution in [3.63, 3.8) is 0 Å². The Morgan fingerprint density at radius 3 is 2.27 bits per heavy atom. The number of carbonyl (C=O) groups excluding carboxylic acids is 3. The van der Waals surface area contributed by atoms with Crippen molar-refractivity contribution >= 4 is 29.7 Å². The van der Waals surface area contributed by atoms with Crippen LogP contribution in [0, 0.1) is 0 Å². The topological polar surface area (TPSA) is 108 Å². The van der Waals surface area contributed by atoms with Crippen molar-refractivity contribution in [2.45, 2.75) is 128 Å². The predicted octanol–water partition coefficient (Wildman–Crippen LogP) is 6.72. The number of nitrogens with zero attached hydrogens (tertiary/aromatic N) is 1. The Hall–Kier alpha value is -2.42. The molecule has 3 N–H and O–H groups in total. The molecule has 0 bridgehead atoms. The average molecular weight is 592 g/mol. The maximum absolute atomic E-state index is 14.3. The van der Waals surface area contributed by atoms with Crippen LogP contribution in [0.3, 0.4) is 0 Å². The van der Waals surface area contributed by atoms with Gasteiger partial charge in [-0.05, 0) is 76.2 Å². The number of carbonyl (C=O) groups is 3. The number of amides is 3. The van der Waals surface area contributed by atoms with E-state index in [0.29, 0.717) is 24.3 Å². The van der Waals surface area contributed by atoms with Crippen LogP contribution in [0.15, 0.2) is 24.3 Å². The van der Waals surface area contributed by atoms with Crippen LogP contribution in [0.5, 0.6) is 5.75 Å². The Balaban J connectivity index is 2.41. The first-order valence-electron chi connectivity index (χ1n) is 15.4. The molecule has 2 rings (SSSR count). The number of hydrogen-bond donors (Lipinski definition) is 3. The van der Waals surface area contributed by atoms with Gasteiger partial charge < -0.3 is 25.4 Å². The van der Waals surface area contributed by atoms with Crippen molar-refractivity contribution in [1.82, 2.24) is 15.5 Å². The zero-order valence-electron chi connectivity index (χ0n) is 25.9. The van der Waals surface area contributed by atoms with Crippen LogP contribution in [0.1, 0.15) is 116 Å². The molecule has 8 nitrogen and oxygen atoms in total. The molecular weight excluding hydrogens is 538 g/mol. The number of benzene rings is 1. The summed E-state index contributed by atoms with van der Waals surface area (Å²) in [4.78, 5) is 42.7. The summed E-state index contributed by atoms with van der Waals surface area (Å²) < 4.78 is 5.49. The summed E-state index contributed by atoms with van der Waals surface area (Å²) in [7, 11) is 0. The van der Waals surface area contributed by atoms with E-state index in [1.165, 1.54) is 12.8 Å². The van der Waals surface area contributed by atoms with E-state index in [0.717, 1.165) is 57.8 Å². The summed E-state index contributed by atoms with van der Waals surface area (Å²) in [5.74, 6) is 0.242. The van der Waals surface area contributed by atoms with E-state index < -0.39 is 23.8 Å². The molecule has 0 aliphatic heterocycles. The predicted molar refractivity (Wildman–Crippen MR) is 167 cm³/mol. The molecule has 0 radical (unpaired) electrons. The molecule has 0 spiro atoms. The van der Waals surface area contributed by atoms with E-state index in [9.17, 15) is 19.5 Å². The molecule has 2 unspecified atom stereocenters. The lowest BCUT2D eigenvalue weighted by atomic mass is 9.94. The summed E-state index contributed by atoms with van der Waals surface area (Å²) in [5.41, 5.74) is -0.0691. The first kappa shape index (κ1) is 34.8. The highest BCUT2D eigenvalue weighted by molar-refractivity contribution is 7.98. The van der Waals surface area contributed by atoms with Gasteiger partial charge in [0, 0.05) is 12.6 Å². The molecule has 1 aromatic rings. The number of ether oxygens (including phenoxy) is 1. The van der Waals surface area contributed by atoms with E-state index in [4.69, 9.17) is 4.74 Å². The van der Waals surface area contributed by atoms with Crippen LogP contribution in [-0.2, 0) is 14.3 Å². The highest BCUT2D eigenvalue weighted by Gasteiger charge is 2.36. The summed E-state index contributed by atoms with van der Waals surface area (Å²) >= 11 is 1.59. The monoisotopic (exact) mass is 591 g/mol. The van der Waals surface area contributed by atoms with Crippen molar-refractivity contribution in [2.75, 3.05) is 18.6 Å². The van der Waals surface area contributed by atoms with Crippen LogP contribution in [0.25, 0.3) is 0 Å². The van der Waals surface area contributed by atoms with Crippen LogP contribution >= 0.6 is 11.8 Å². The number of hydrogen-bond acceptors (Lipinski definition) is 6. The number of phenols is 1. The van der Waals surface area contributed by atoms with Gasteiger partial charge in [-0.1, -0.05) is 70.4 Å². The smallest absolute Gasteiger partial charge is 0.408 e. The minimum atomic E-state index is -0.877. The SMILES string of the molecule is CCCCCCCCN(C(=O)C(CCSC)NC(=O)OC(C)(C)C)C(C(=O)NC1CCCCC1)c1ccc(O)cc1. The Morgan fingerprint density at radius 2 is 1.66 bits per heavy atom. The van der Waals surface area contributed by atoms with Gasteiger partial charge in [-0.15, -0.1) is 0 Å². The van der Waals surface area contributed by atoms with Crippen LogP contribution < -0.4 is 10.6 Å². The zero-order valence-corrected chi connectivity index (χ0v) is 26.7. The number of thioether (sulfide) groups is 1. The van der Waals surface area contributed by atoms with Gasteiger partial charge in [0.2, 0.25) is 11.8 Å². The summed E-state index contributed by atoms with van der Waals surface area (Å²) in [6.45, 7) is 7.92. The molecule has 3 amide bonds. The standard InChI is InChI=1S/C32H53N3O5S/c1-6-7-8-9-10-14-22-35(30(38)27(21-23-41-5)34-31(39)40-32(2,3)4)28(24-17-19-26(36)20-18-24)29(37)33-25-15-12-11-13-16-25/h17-20,25,27-28,36H,6-16,21-23H2,1-5H3,(H,33,37)(H,34,39). The number of alkyl carbamates (subject to hydrolysis) is 1. The van der Waals surface area contributed by atoms with E-state index in [-0.39, 0.29) is 23.6 Å². The van der Waals surface area contributed by atoms with Gasteiger partial charge in [-0.25, -0.2) is 4.79 Å². The third kappa shape index (κ3) is 13.0. The third-order valence-electron chi connectivity index (χ3n) is 7.36. The molecular formula is C32H53N3O5S. The number of rotatable bonds is 16. The highest BCUT2D eigenvalue weighted by atomic mass is 32.2. The fourth-order valence-electron chi connectivity index (χ4n) is 5.23. The van der Waals surface area contributed by atoms with Crippen LogP contribution in [0.2, 0.25) is 0 Å². The summed E-state index contributed by atoms with van der Waals surface area (Å²) in [5, 5.41) is 16.0. The maximum Gasteiger partial charge on any atom is 0.408 e. The van der Waals surface area contributed by atoms with E-state index >= 15 is 0 Å². The molecule has 1 aliphatic rings. The van der Waals surface area contributed by atoms with Gasteiger partial charge in [0.25, 0.3) is 0 Å². The highest BCUT2D eigenvalue weighted by Crippen LogP contribution is 2.27. The maximum atomic E-state index is 14.3. The minimum Gasteiger partial charge on any atom is -0.508 e.